The third-order valence-electron chi connectivity index (χ3n) is 4.43. The van der Waals surface area contributed by atoms with E-state index in [-0.39, 0.29) is 10.8 Å². The molecule has 0 fully saturated rings. The second kappa shape index (κ2) is 9.19. The van der Waals surface area contributed by atoms with Crippen molar-refractivity contribution in [1.82, 2.24) is 4.90 Å². The van der Waals surface area contributed by atoms with Crippen molar-refractivity contribution in [2.45, 2.75) is 11.4 Å². The molecule has 156 valence electrons. The summed E-state index contributed by atoms with van der Waals surface area (Å²) in [5.41, 5.74) is 1.53. The normalized spacial score (nSPS) is 11.0. The molecule has 0 saturated carbocycles. The van der Waals surface area contributed by atoms with Crippen molar-refractivity contribution in [3.8, 4) is 5.75 Å². The second-order valence-electron chi connectivity index (χ2n) is 6.61. The summed E-state index contributed by atoms with van der Waals surface area (Å²) in [5.74, 6) is 0.454. The average Bonchev–Trinajstić information content (AvgIpc) is 2.73. The van der Waals surface area contributed by atoms with Gasteiger partial charge in [-0.1, -0.05) is 35.9 Å². The minimum atomic E-state index is -3.80. The fourth-order valence-electron chi connectivity index (χ4n) is 2.92. The van der Waals surface area contributed by atoms with Gasteiger partial charge in [0.25, 0.3) is 15.9 Å². The van der Waals surface area contributed by atoms with Gasteiger partial charge in [0.15, 0.2) is 0 Å². The second-order valence-corrected chi connectivity index (χ2v) is 8.73. The zero-order valence-corrected chi connectivity index (χ0v) is 18.1. The number of para-hydroxylation sites is 1. The third-order valence-corrected chi connectivity index (χ3v) is 6.08. The van der Waals surface area contributed by atoms with Crippen LogP contribution in [0.2, 0.25) is 5.02 Å². The first-order valence-electron chi connectivity index (χ1n) is 9.06. The predicted molar refractivity (Wildman–Crippen MR) is 117 cm³/mol. The number of nitrogens with zero attached hydrogens (tertiary/aromatic N) is 1. The molecule has 0 atom stereocenters. The maximum absolute atomic E-state index is 12.9. The van der Waals surface area contributed by atoms with Crippen LogP contribution in [0.1, 0.15) is 15.9 Å². The van der Waals surface area contributed by atoms with E-state index < -0.39 is 10.0 Å². The summed E-state index contributed by atoms with van der Waals surface area (Å²) in [6.07, 6.45) is 0. The molecular formula is C22H21ClN2O4S. The molecule has 1 amide bonds. The van der Waals surface area contributed by atoms with Gasteiger partial charge in [0.2, 0.25) is 0 Å². The zero-order valence-electron chi connectivity index (χ0n) is 16.5. The number of sulfonamides is 1. The molecule has 0 unspecified atom stereocenters. The van der Waals surface area contributed by atoms with Crippen LogP contribution in [0.15, 0.2) is 77.7 Å². The van der Waals surface area contributed by atoms with Gasteiger partial charge in [-0.25, -0.2) is 8.42 Å². The molecule has 0 bridgehead atoms. The number of carbonyl (C=O) groups excluding carboxylic acids is 1. The fraction of sp³-hybridized carbons (Fsp3) is 0.136. The molecule has 0 heterocycles. The molecule has 0 aromatic heterocycles. The smallest absolute Gasteiger partial charge is 0.261 e. The van der Waals surface area contributed by atoms with Crippen LogP contribution in [0.5, 0.6) is 5.75 Å². The maximum atomic E-state index is 12.9. The first-order valence-corrected chi connectivity index (χ1v) is 10.9. The Morgan fingerprint density at radius 1 is 1.03 bits per heavy atom. The van der Waals surface area contributed by atoms with E-state index in [2.05, 4.69) is 4.72 Å². The van der Waals surface area contributed by atoms with E-state index in [1.807, 2.05) is 24.3 Å². The SMILES string of the molecule is COc1ccccc1CN(C)C(=O)c1cccc(NS(=O)(=O)c2ccc(Cl)cc2)c1. The Labute approximate surface area is 181 Å². The molecule has 6 nitrogen and oxygen atoms in total. The van der Waals surface area contributed by atoms with Gasteiger partial charge in [-0.3, -0.25) is 9.52 Å². The van der Waals surface area contributed by atoms with Crippen LogP contribution in [-0.4, -0.2) is 33.4 Å². The standard InChI is InChI=1S/C22H21ClN2O4S/c1-25(15-17-6-3-4-9-21(17)29-2)22(26)16-7-5-8-19(14-16)24-30(27,28)20-12-10-18(23)11-13-20/h3-14,24H,15H2,1-2H3. The van der Waals surface area contributed by atoms with Crippen molar-refractivity contribution in [1.29, 1.82) is 0 Å². The largest absolute Gasteiger partial charge is 0.496 e. The van der Waals surface area contributed by atoms with Gasteiger partial charge in [0.1, 0.15) is 5.75 Å². The Balaban J connectivity index is 1.77. The highest BCUT2D eigenvalue weighted by molar-refractivity contribution is 7.92. The number of hydrogen-bond donors (Lipinski definition) is 1. The fourth-order valence-corrected chi connectivity index (χ4v) is 4.10. The number of rotatable bonds is 7. The summed E-state index contributed by atoms with van der Waals surface area (Å²) in [6, 6.07) is 19.7. The third kappa shape index (κ3) is 5.11. The van der Waals surface area contributed by atoms with Crippen molar-refractivity contribution in [3.63, 3.8) is 0 Å². The Bertz CT molecular complexity index is 1150. The van der Waals surface area contributed by atoms with Crippen LogP contribution in [0.25, 0.3) is 0 Å². The molecule has 3 aromatic carbocycles. The lowest BCUT2D eigenvalue weighted by atomic mass is 10.1. The molecular weight excluding hydrogens is 424 g/mol. The number of methoxy groups -OCH3 is 1. The topological polar surface area (TPSA) is 75.7 Å². The van der Waals surface area contributed by atoms with Crippen molar-refractivity contribution < 1.29 is 17.9 Å². The van der Waals surface area contributed by atoms with Gasteiger partial charge in [0.05, 0.1) is 12.0 Å². The molecule has 1 N–H and O–H groups in total. The lowest BCUT2D eigenvalue weighted by Crippen LogP contribution is -2.26. The lowest BCUT2D eigenvalue weighted by molar-refractivity contribution is 0.0784. The monoisotopic (exact) mass is 444 g/mol. The van der Waals surface area contributed by atoms with E-state index in [1.54, 1.807) is 37.3 Å². The highest BCUT2D eigenvalue weighted by Crippen LogP contribution is 2.22. The Morgan fingerprint density at radius 2 is 1.73 bits per heavy atom. The molecule has 3 rings (SSSR count). The van der Waals surface area contributed by atoms with Gasteiger partial charge in [-0.2, -0.15) is 0 Å². The van der Waals surface area contributed by atoms with Gasteiger partial charge in [-0.05, 0) is 48.5 Å². The van der Waals surface area contributed by atoms with E-state index in [4.69, 9.17) is 16.3 Å². The molecule has 0 aliphatic carbocycles. The van der Waals surface area contributed by atoms with Crippen molar-refractivity contribution in [3.05, 3.63) is 88.9 Å². The van der Waals surface area contributed by atoms with Crippen molar-refractivity contribution >= 4 is 33.2 Å². The molecule has 30 heavy (non-hydrogen) atoms. The molecule has 8 heteroatoms. The Morgan fingerprint density at radius 3 is 2.43 bits per heavy atom. The zero-order chi connectivity index (χ0) is 21.7. The van der Waals surface area contributed by atoms with Gasteiger partial charge >= 0.3 is 0 Å². The predicted octanol–water partition coefficient (Wildman–Crippen LogP) is 4.42. The summed E-state index contributed by atoms with van der Waals surface area (Å²) in [5, 5.41) is 0.444. The van der Waals surface area contributed by atoms with E-state index in [1.165, 1.54) is 30.3 Å². The first-order chi connectivity index (χ1) is 14.3. The molecule has 0 aliphatic heterocycles. The van der Waals surface area contributed by atoms with Crippen LogP contribution in [0.4, 0.5) is 5.69 Å². The minimum absolute atomic E-state index is 0.0805. The van der Waals surface area contributed by atoms with Crippen LogP contribution in [-0.2, 0) is 16.6 Å². The Kier molecular flexibility index (Phi) is 6.64. The molecule has 3 aromatic rings. The Hall–Kier alpha value is -3.03. The molecule has 0 spiro atoms. The quantitative estimate of drug-likeness (QED) is 0.585. The van der Waals surface area contributed by atoms with E-state index in [9.17, 15) is 13.2 Å². The lowest BCUT2D eigenvalue weighted by Gasteiger charge is -2.19. The van der Waals surface area contributed by atoms with Gasteiger partial charge in [0, 0.05) is 35.4 Å². The number of anilines is 1. The number of halogens is 1. The number of amides is 1. The number of carbonyl (C=O) groups is 1. The first kappa shape index (κ1) is 21.7. The highest BCUT2D eigenvalue weighted by atomic mass is 35.5. The summed E-state index contributed by atoms with van der Waals surface area (Å²) in [4.78, 5) is 14.5. The van der Waals surface area contributed by atoms with E-state index in [0.717, 1.165) is 5.56 Å². The number of hydrogen-bond acceptors (Lipinski definition) is 4. The number of benzene rings is 3. The summed E-state index contributed by atoms with van der Waals surface area (Å²) >= 11 is 5.82. The minimum Gasteiger partial charge on any atom is -0.496 e. The van der Waals surface area contributed by atoms with Crippen molar-refractivity contribution in [2.75, 3.05) is 18.9 Å². The van der Waals surface area contributed by atoms with Crippen LogP contribution in [0, 0.1) is 0 Å². The highest BCUT2D eigenvalue weighted by Gasteiger charge is 2.17. The number of ether oxygens (including phenoxy) is 1. The van der Waals surface area contributed by atoms with E-state index in [0.29, 0.717) is 28.6 Å². The van der Waals surface area contributed by atoms with E-state index >= 15 is 0 Å². The summed E-state index contributed by atoms with van der Waals surface area (Å²) < 4.78 is 33.0. The molecule has 0 radical (unpaired) electrons. The van der Waals surface area contributed by atoms with Gasteiger partial charge in [-0.15, -0.1) is 0 Å². The number of nitrogens with one attached hydrogen (secondary N) is 1. The van der Waals surface area contributed by atoms with Crippen LogP contribution < -0.4 is 9.46 Å². The molecule has 0 saturated heterocycles. The maximum Gasteiger partial charge on any atom is 0.261 e. The van der Waals surface area contributed by atoms with Gasteiger partial charge < -0.3 is 9.64 Å². The van der Waals surface area contributed by atoms with Crippen LogP contribution in [0.3, 0.4) is 0 Å². The summed E-state index contributed by atoms with van der Waals surface area (Å²) in [7, 11) is -0.540. The van der Waals surface area contributed by atoms with Crippen molar-refractivity contribution in [2.24, 2.45) is 0 Å². The average molecular weight is 445 g/mol. The van der Waals surface area contributed by atoms with Crippen LogP contribution >= 0.6 is 11.6 Å². The summed E-state index contributed by atoms with van der Waals surface area (Å²) in [6.45, 7) is 0.351. The molecule has 0 aliphatic rings.